The maximum atomic E-state index is 14.2. The summed E-state index contributed by atoms with van der Waals surface area (Å²) in [4.78, 5) is 34.3. The fourth-order valence-corrected chi connectivity index (χ4v) is 4.46. The standard InChI is InChI=1S/C22H16FN3O3S2/c1-14(27)26(19-10-6-5-9-17(19)23)22-24-16(12-31-22)11-29-21(28)18-13-30-20(25-18)15-7-3-2-4-8-15/h2-10,12-13H,11H2,1H3. The van der Waals surface area contributed by atoms with Crippen LogP contribution in [0.25, 0.3) is 10.6 Å². The molecule has 0 saturated carbocycles. The Morgan fingerprint density at radius 2 is 1.74 bits per heavy atom. The molecule has 0 unspecified atom stereocenters. The number of nitrogens with zero attached hydrogens (tertiary/aromatic N) is 3. The molecule has 0 N–H and O–H groups in total. The number of thiazole rings is 2. The van der Waals surface area contributed by atoms with E-state index < -0.39 is 11.8 Å². The zero-order valence-corrected chi connectivity index (χ0v) is 18.0. The predicted octanol–water partition coefficient (Wildman–Crippen LogP) is 5.45. The van der Waals surface area contributed by atoms with Crippen molar-refractivity contribution in [1.29, 1.82) is 0 Å². The van der Waals surface area contributed by atoms with Gasteiger partial charge in [-0.2, -0.15) is 0 Å². The van der Waals surface area contributed by atoms with Gasteiger partial charge < -0.3 is 4.74 Å². The van der Waals surface area contributed by atoms with Crippen LogP contribution in [0.2, 0.25) is 0 Å². The first kappa shape index (κ1) is 20.8. The van der Waals surface area contributed by atoms with Crippen molar-refractivity contribution in [3.8, 4) is 10.6 Å². The minimum absolute atomic E-state index is 0.0868. The molecule has 0 saturated heterocycles. The number of para-hydroxylation sites is 1. The first-order chi connectivity index (χ1) is 15.0. The van der Waals surface area contributed by atoms with Gasteiger partial charge in [0.05, 0.1) is 11.4 Å². The average Bonchev–Trinajstić information content (AvgIpc) is 3.44. The second-order valence-corrected chi connectivity index (χ2v) is 8.10. The van der Waals surface area contributed by atoms with Gasteiger partial charge in [-0.3, -0.25) is 9.69 Å². The fraction of sp³-hybridized carbons (Fsp3) is 0.0909. The van der Waals surface area contributed by atoms with Crippen molar-refractivity contribution >= 4 is 45.4 Å². The molecule has 9 heteroatoms. The molecular formula is C22H16FN3O3S2. The van der Waals surface area contributed by atoms with Crippen LogP contribution in [0.5, 0.6) is 0 Å². The van der Waals surface area contributed by atoms with Crippen LogP contribution in [-0.2, 0) is 16.1 Å². The molecule has 0 spiro atoms. The summed E-state index contributed by atoms with van der Waals surface area (Å²) in [5.41, 5.74) is 1.71. The minimum Gasteiger partial charge on any atom is -0.454 e. The van der Waals surface area contributed by atoms with Crippen LogP contribution in [0.1, 0.15) is 23.1 Å². The SMILES string of the molecule is CC(=O)N(c1nc(COC(=O)c2csc(-c3ccccc3)n2)cs1)c1ccccc1F. The van der Waals surface area contributed by atoms with Crippen molar-refractivity contribution in [2.75, 3.05) is 4.90 Å². The highest BCUT2D eigenvalue weighted by atomic mass is 32.1. The van der Waals surface area contributed by atoms with Gasteiger partial charge in [-0.25, -0.2) is 19.2 Å². The van der Waals surface area contributed by atoms with E-state index in [1.807, 2.05) is 30.3 Å². The summed E-state index contributed by atoms with van der Waals surface area (Å²) in [5.74, 6) is -1.47. The third-order valence-electron chi connectivity index (χ3n) is 4.22. The van der Waals surface area contributed by atoms with Gasteiger partial charge in [-0.05, 0) is 12.1 Å². The molecule has 0 atom stereocenters. The molecule has 2 aromatic carbocycles. The molecule has 4 aromatic rings. The van der Waals surface area contributed by atoms with E-state index in [1.54, 1.807) is 22.9 Å². The second-order valence-electron chi connectivity index (χ2n) is 6.41. The van der Waals surface area contributed by atoms with Gasteiger partial charge in [-0.15, -0.1) is 22.7 Å². The van der Waals surface area contributed by atoms with Crippen LogP contribution in [0, 0.1) is 5.82 Å². The first-order valence-corrected chi connectivity index (χ1v) is 11.0. The van der Waals surface area contributed by atoms with Crippen LogP contribution in [0.3, 0.4) is 0 Å². The first-order valence-electron chi connectivity index (χ1n) is 9.20. The average molecular weight is 454 g/mol. The number of aromatic nitrogens is 2. The van der Waals surface area contributed by atoms with Gasteiger partial charge in [0.15, 0.2) is 10.8 Å². The minimum atomic E-state index is -0.564. The molecule has 0 bridgehead atoms. The van der Waals surface area contributed by atoms with Crippen molar-refractivity contribution in [2.24, 2.45) is 0 Å². The lowest BCUT2D eigenvalue weighted by molar-refractivity contribution is -0.115. The molecule has 31 heavy (non-hydrogen) atoms. The van der Waals surface area contributed by atoms with Gasteiger partial charge in [0.25, 0.3) is 0 Å². The molecule has 0 fully saturated rings. The lowest BCUT2D eigenvalue weighted by Crippen LogP contribution is -2.23. The van der Waals surface area contributed by atoms with Gasteiger partial charge in [0.2, 0.25) is 5.91 Å². The summed E-state index contributed by atoms with van der Waals surface area (Å²) in [5, 5.41) is 4.33. The Morgan fingerprint density at radius 3 is 2.48 bits per heavy atom. The highest BCUT2D eigenvalue weighted by molar-refractivity contribution is 7.14. The Morgan fingerprint density at radius 1 is 1.00 bits per heavy atom. The molecule has 4 rings (SSSR count). The highest BCUT2D eigenvalue weighted by Crippen LogP contribution is 2.31. The molecule has 0 radical (unpaired) electrons. The Bertz CT molecular complexity index is 1220. The molecule has 2 aromatic heterocycles. The van der Waals surface area contributed by atoms with Gasteiger partial charge in [0.1, 0.15) is 17.4 Å². The molecule has 0 aliphatic carbocycles. The number of carbonyl (C=O) groups excluding carboxylic acids is 2. The van der Waals surface area contributed by atoms with E-state index in [0.29, 0.717) is 10.8 Å². The van der Waals surface area contributed by atoms with Crippen molar-refractivity contribution in [3.63, 3.8) is 0 Å². The van der Waals surface area contributed by atoms with E-state index in [2.05, 4.69) is 9.97 Å². The number of benzene rings is 2. The molecule has 6 nitrogen and oxygen atoms in total. The van der Waals surface area contributed by atoms with Crippen molar-refractivity contribution in [1.82, 2.24) is 9.97 Å². The number of hydrogen-bond acceptors (Lipinski definition) is 7. The van der Waals surface area contributed by atoms with Crippen LogP contribution in [0.15, 0.2) is 65.4 Å². The Labute approximate surface area is 185 Å². The third kappa shape index (κ3) is 4.68. The Kier molecular flexibility index (Phi) is 6.15. The normalized spacial score (nSPS) is 10.6. The van der Waals surface area contributed by atoms with Gasteiger partial charge in [0, 0.05) is 23.2 Å². The van der Waals surface area contributed by atoms with Crippen molar-refractivity contribution in [3.05, 3.63) is 82.6 Å². The smallest absolute Gasteiger partial charge is 0.358 e. The molecule has 0 aliphatic heterocycles. The third-order valence-corrected chi connectivity index (χ3v) is 5.99. The van der Waals surface area contributed by atoms with Gasteiger partial charge >= 0.3 is 5.97 Å². The summed E-state index contributed by atoms with van der Waals surface area (Å²) in [6.45, 7) is 1.25. The highest BCUT2D eigenvalue weighted by Gasteiger charge is 2.21. The summed E-state index contributed by atoms with van der Waals surface area (Å²) < 4.78 is 19.5. The van der Waals surface area contributed by atoms with Crippen molar-refractivity contribution < 1.29 is 18.7 Å². The Hall–Kier alpha value is -3.43. The quantitative estimate of drug-likeness (QED) is 0.363. The van der Waals surface area contributed by atoms with E-state index in [4.69, 9.17) is 4.74 Å². The van der Waals surface area contributed by atoms with E-state index in [9.17, 15) is 14.0 Å². The summed E-state index contributed by atoms with van der Waals surface area (Å²) in [7, 11) is 0. The van der Waals surface area contributed by atoms with Crippen LogP contribution < -0.4 is 4.90 Å². The predicted molar refractivity (Wildman–Crippen MR) is 118 cm³/mol. The number of ether oxygens (including phenoxy) is 1. The number of halogens is 1. The molecule has 1 amide bonds. The molecule has 2 heterocycles. The van der Waals surface area contributed by atoms with Crippen LogP contribution >= 0.6 is 22.7 Å². The summed E-state index contributed by atoms with van der Waals surface area (Å²) in [6.07, 6.45) is 0. The monoisotopic (exact) mass is 453 g/mol. The van der Waals surface area contributed by atoms with E-state index in [-0.39, 0.29) is 23.9 Å². The topological polar surface area (TPSA) is 72.4 Å². The maximum absolute atomic E-state index is 14.2. The molecule has 156 valence electrons. The lowest BCUT2D eigenvalue weighted by atomic mass is 10.2. The number of rotatable bonds is 6. The molecular weight excluding hydrogens is 437 g/mol. The number of esters is 1. The number of anilines is 2. The summed E-state index contributed by atoms with van der Waals surface area (Å²) >= 11 is 2.52. The number of carbonyl (C=O) groups is 2. The maximum Gasteiger partial charge on any atom is 0.358 e. The fourth-order valence-electron chi connectivity index (χ4n) is 2.80. The second kappa shape index (κ2) is 9.15. The van der Waals surface area contributed by atoms with Crippen molar-refractivity contribution in [2.45, 2.75) is 13.5 Å². The van der Waals surface area contributed by atoms with E-state index >= 15 is 0 Å². The van der Waals surface area contributed by atoms with E-state index in [0.717, 1.165) is 21.9 Å². The van der Waals surface area contributed by atoms with Gasteiger partial charge in [-0.1, -0.05) is 42.5 Å². The number of amides is 1. The zero-order valence-electron chi connectivity index (χ0n) is 16.3. The zero-order chi connectivity index (χ0) is 21.8. The Balaban J connectivity index is 1.44. The van der Waals surface area contributed by atoms with Crippen LogP contribution in [0.4, 0.5) is 15.2 Å². The summed E-state index contributed by atoms with van der Waals surface area (Å²) in [6, 6.07) is 15.5. The lowest BCUT2D eigenvalue weighted by Gasteiger charge is -2.18. The van der Waals surface area contributed by atoms with E-state index in [1.165, 1.54) is 35.3 Å². The molecule has 0 aliphatic rings. The van der Waals surface area contributed by atoms with Crippen LogP contribution in [-0.4, -0.2) is 21.8 Å². The number of hydrogen-bond donors (Lipinski definition) is 0. The largest absolute Gasteiger partial charge is 0.454 e.